The van der Waals surface area contributed by atoms with Gasteiger partial charge in [-0.05, 0) is 59.0 Å². The van der Waals surface area contributed by atoms with Gasteiger partial charge in [-0.1, -0.05) is 0 Å². The third kappa shape index (κ3) is 7.92. The van der Waals surface area contributed by atoms with Gasteiger partial charge in [0.15, 0.2) is 5.96 Å². The predicted molar refractivity (Wildman–Crippen MR) is 105 cm³/mol. The minimum atomic E-state index is 0.331. The summed E-state index contributed by atoms with van der Waals surface area (Å²) < 4.78 is 5.66. The van der Waals surface area contributed by atoms with Gasteiger partial charge in [0.1, 0.15) is 0 Å². The number of piperidine rings is 2. The molecule has 0 amide bonds. The molecule has 2 rings (SSSR count). The summed E-state index contributed by atoms with van der Waals surface area (Å²) in [6, 6.07) is 0.530. The summed E-state index contributed by atoms with van der Waals surface area (Å²) >= 11 is 0. The zero-order valence-corrected chi connectivity index (χ0v) is 16.8. The van der Waals surface area contributed by atoms with Crippen LogP contribution in [0.15, 0.2) is 4.99 Å². The highest BCUT2D eigenvalue weighted by Gasteiger charge is 2.21. The van der Waals surface area contributed by atoms with Gasteiger partial charge in [0.25, 0.3) is 0 Å². The first-order valence-corrected chi connectivity index (χ1v) is 10.1. The third-order valence-electron chi connectivity index (χ3n) is 5.29. The van der Waals surface area contributed by atoms with Gasteiger partial charge in [0, 0.05) is 45.8 Å². The molecule has 0 aromatic heterocycles. The lowest BCUT2D eigenvalue weighted by Crippen LogP contribution is -2.50. The smallest absolute Gasteiger partial charge is 0.191 e. The monoisotopic (exact) mass is 353 g/mol. The van der Waals surface area contributed by atoms with E-state index in [0.29, 0.717) is 12.1 Å². The van der Waals surface area contributed by atoms with E-state index in [9.17, 15) is 0 Å². The van der Waals surface area contributed by atoms with Crippen LogP contribution in [-0.4, -0.2) is 87.9 Å². The Hall–Kier alpha value is -0.850. The number of nitrogens with zero attached hydrogens (tertiary/aromatic N) is 3. The van der Waals surface area contributed by atoms with Crippen LogP contribution in [0.3, 0.4) is 0 Å². The highest BCUT2D eigenvalue weighted by Crippen LogP contribution is 2.14. The number of hydrogen-bond donors (Lipinski definition) is 2. The summed E-state index contributed by atoms with van der Waals surface area (Å²) in [5.74, 6) is 1.70. The molecule has 1 atom stereocenters. The lowest BCUT2D eigenvalue weighted by molar-refractivity contribution is 0.0532. The molecule has 2 saturated heterocycles. The minimum absolute atomic E-state index is 0.331. The van der Waals surface area contributed by atoms with Crippen molar-refractivity contribution in [1.82, 2.24) is 20.4 Å². The molecule has 0 radical (unpaired) electrons. The van der Waals surface area contributed by atoms with E-state index in [0.717, 1.165) is 44.7 Å². The summed E-state index contributed by atoms with van der Waals surface area (Å²) in [6.07, 6.45) is 5.32. The Labute approximate surface area is 154 Å². The highest BCUT2D eigenvalue weighted by molar-refractivity contribution is 5.79. The molecule has 2 fully saturated rings. The van der Waals surface area contributed by atoms with Crippen LogP contribution in [0.25, 0.3) is 0 Å². The van der Waals surface area contributed by atoms with Crippen LogP contribution in [-0.2, 0) is 4.74 Å². The van der Waals surface area contributed by atoms with Gasteiger partial charge < -0.3 is 25.2 Å². The SMILES string of the molecule is CN=C(NCC1CCCN(C)C1)NC1CCN(CCOC(C)C)CC1. The molecule has 0 aromatic rings. The number of rotatable bonds is 7. The molecular weight excluding hydrogens is 314 g/mol. The Bertz CT molecular complexity index is 393. The average Bonchev–Trinajstić information content (AvgIpc) is 2.59. The molecule has 0 bridgehead atoms. The first-order chi connectivity index (χ1) is 12.1. The molecule has 6 nitrogen and oxygen atoms in total. The summed E-state index contributed by atoms with van der Waals surface area (Å²) in [6.45, 7) is 11.8. The molecule has 2 N–H and O–H groups in total. The van der Waals surface area contributed by atoms with E-state index in [2.05, 4.69) is 46.3 Å². The van der Waals surface area contributed by atoms with Crippen molar-refractivity contribution in [2.24, 2.45) is 10.9 Å². The van der Waals surface area contributed by atoms with Gasteiger partial charge in [-0.2, -0.15) is 0 Å². The molecule has 2 heterocycles. The van der Waals surface area contributed by atoms with E-state index < -0.39 is 0 Å². The largest absolute Gasteiger partial charge is 0.377 e. The van der Waals surface area contributed by atoms with E-state index >= 15 is 0 Å². The zero-order chi connectivity index (χ0) is 18.1. The fourth-order valence-electron chi connectivity index (χ4n) is 3.79. The molecule has 6 heteroatoms. The Morgan fingerprint density at radius 3 is 2.60 bits per heavy atom. The molecule has 146 valence electrons. The van der Waals surface area contributed by atoms with Crippen LogP contribution in [0, 0.1) is 5.92 Å². The molecule has 2 aliphatic heterocycles. The van der Waals surface area contributed by atoms with Crippen LogP contribution >= 0.6 is 0 Å². The number of ether oxygens (including phenoxy) is 1. The topological polar surface area (TPSA) is 52.1 Å². The van der Waals surface area contributed by atoms with E-state index in [1.165, 1.54) is 38.8 Å². The van der Waals surface area contributed by atoms with Crippen molar-refractivity contribution in [1.29, 1.82) is 0 Å². The maximum absolute atomic E-state index is 5.66. The molecule has 1 unspecified atom stereocenters. The van der Waals surface area contributed by atoms with Gasteiger partial charge >= 0.3 is 0 Å². The van der Waals surface area contributed by atoms with Crippen molar-refractivity contribution < 1.29 is 4.74 Å². The standard InChI is InChI=1S/C19H39N5O/c1-16(2)25-13-12-24-10-7-18(8-11-24)22-19(20-3)21-14-17-6-5-9-23(4)15-17/h16-18H,5-15H2,1-4H3,(H2,20,21,22). The highest BCUT2D eigenvalue weighted by atomic mass is 16.5. The Kier molecular flexibility index (Phi) is 8.99. The molecule has 0 spiro atoms. The third-order valence-corrected chi connectivity index (χ3v) is 5.29. The number of hydrogen-bond acceptors (Lipinski definition) is 4. The second-order valence-corrected chi connectivity index (χ2v) is 7.90. The molecule has 0 saturated carbocycles. The van der Waals surface area contributed by atoms with Crippen molar-refractivity contribution in [2.45, 2.75) is 51.7 Å². The number of aliphatic imine (C=N–C) groups is 1. The summed E-state index contributed by atoms with van der Waals surface area (Å²) in [7, 11) is 4.10. The molecule has 0 aromatic carbocycles. The van der Waals surface area contributed by atoms with Crippen molar-refractivity contribution in [2.75, 3.05) is 60.0 Å². The van der Waals surface area contributed by atoms with E-state index in [1.54, 1.807) is 0 Å². The molecular formula is C19H39N5O. The van der Waals surface area contributed by atoms with Crippen molar-refractivity contribution in [3.8, 4) is 0 Å². The molecule has 0 aliphatic carbocycles. The van der Waals surface area contributed by atoms with Crippen molar-refractivity contribution >= 4 is 5.96 Å². The first-order valence-electron chi connectivity index (χ1n) is 10.1. The average molecular weight is 354 g/mol. The van der Waals surface area contributed by atoms with E-state index in [-0.39, 0.29) is 0 Å². The van der Waals surface area contributed by atoms with Crippen LogP contribution in [0.5, 0.6) is 0 Å². The van der Waals surface area contributed by atoms with Gasteiger partial charge in [-0.15, -0.1) is 0 Å². The molecule has 25 heavy (non-hydrogen) atoms. The van der Waals surface area contributed by atoms with Gasteiger partial charge in [0.05, 0.1) is 12.7 Å². The van der Waals surface area contributed by atoms with Crippen LogP contribution in [0.1, 0.15) is 39.5 Å². The normalized spacial score (nSPS) is 24.7. The lowest BCUT2D eigenvalue weighted by atomic mass is 9.98. The second kappa shape index (κ2) is 11.0. The van der Waals surface area contributed by atoms with Crippen molar-refractivity contribution in [3.05, 3.63) is 0 Å². The quantitative estimate of drug-likeness (QED) is 0.535. The van der Waals surface area contributed by atoms with Crippen molar-refractivity contribution in [3.63, 3.8) is 0 Å². The minimum Gasteiger partial charge on any atom is -0.377 e. The van der Waals surface area contributed by atoms with Gasteiger partial charge in [0.2, 0.25) is 0 Å². The zero-order valence-electron chi connectivity index (χ0n) is 16.8. The van der Waals surface area contributed by atoms with Gasteiger partial charge in [-0.3, -0.25) is 4.99 Å². The summed E-state index contributed by atoms with van der Waals surface area (Å²) in [4.78, 5) is 9.36. The number of likely N-dealkylation sites (tertiary alicyclic amines) is 2. The van der Waals surface area contributed by atoms with E-state index in [1.807, 2.05) is 7.05 Å². The number of nitrogens with one attached hydrogen (secondary N) is 2. The first kappa shape index (κ1) is 20.5. The summed E-state index contributed by atoms with van der Waals surface area (Å²) in [5, 5.41) is 7.16. The lowest BCUT2D eigenvalue weighted by Gasteiger charge is -2.34. The predicted octanol–water partition coefficient (Wildman–Crippen LogP) is 1.38. The van der Waals surface area contributed by atoms with Crippen LogP contribution in [0.4, 0.5) is 0 Å². The second-order valence-electron chi connectivity index (χ2n) is 7.90. The van der Waals surface area contributed by atoms with Crippen LogP contribution < -0.4 is 10.6 Å². The Morgan fingerprint density at radius 1 is 1.20 bits per heavy atom. The summed E-state index contributed by atoms with van der Waals surface area (Å²) in [5.41, 5.74) is 0. The van der Waals surface area contributed by atoms with E-state index in [4.69, 9.17) is 4.74 Å². The maximum Gasteiger partial charge on any atom is 0.191 e. The Morgan fingerprint density at radius 2 is 1.96 bits per heavy atom. The fraction of sp³-hybridized carbons (Fsp3) is 0.947. The Balaban J connectivity index is 1.62. The fourth-order valence-corrected chi connectivity index (χ4v) is 3.79. The number of guanidine groups is 1. The maximum atomic E-state index is 5.66. The van der Waals surface area contributed by atoms with Gasteiger partial charge in [-0.25, -0.2) is 0 Å². The molecule has 2 aliphatic rings. The van der Waals surface area contributed by atoms with Crippen LogP contribution in [0.2, 0.25) is 0 Å².